The number of fused-ring (bicyclic) bond motifs is 1. The van der Waals surface area contributed by atoms with Gasteiger partial charge in [0.2, 0.25) is 0 Å². The highest BCUT2D eigenvalue weighted by atomic mass is 19.1. The van der Waals surface area contributed by atoms with Crippen molar-refractivity contribution in [1.29, 1.82) is 5.26 Å². The van der Waals surface area contributed by atoms with Gasteiger partial charge in [0.1, 0.15) is 11.9 Å². The molecule has 0 atom stereocenters. The summed E-state index contributed by atoms with van der Waals surface area (Å²) in [5, 5.41) is 8.87. The number of ketones is 1. The Morgan fingerprint density at radius 3 is 2.86 bits per heavy atom. The van der Waals surface area contributed by atoms with Gasteiger partial charge in [-0.15, -0.1) is 0 Å². The van der Waals surface area contributed by atoms with Crippen molar-refractivity contribution < 1.29 is 9.18 Å². The third kappa shape index (κ3) is 2.73. The van der Waals surface area contributed by atoms with E-state index in [9.17, 15) is 9.18 Å². The SMILES string of the molecule is N#Cc1cc(Cn2cc3c(c2)C(=O)CCCC3)ccc1F. The van der Waals surface area contributed by atoms with Crippen LogP contribution < -0.4 is 0 Å². The number of halogens is 1. The molecule has 0 amide bonds. The average molecular weight is 282 g/mol. The zero-order valence-corrected chi connectivity index (χ0v) is 11.6. The van der Waals surface area contributed by atoms with Crippen molar-refractivity contribution in [2.75, 3.05) is 0 Å². The Bertz CT molecular complexity index is 740. The van der Waals surface area contributed by atoms with E-state index in [4.69, 9.17) is 5.26 Å². The van der Waals surface area contributed by atoms with Crippen molar-refractivity contribution in [1.82, 2.24) is 4.57 Å². The summed E-state index contributed by atoms with van der Waals surface area (Å²) in [5.74, 6) is -0.294. The summed E-state index contributed by atoms with van der Waals surface area (Å²) in [6, 6.07) is 6.39. The first-order valence-corrected chi connectivity index (χ1v) is 7.08. The normalized spacial score (nSPS) is 14.4. The van der Waals surface area contributed by atoms with Crippen molar-refractivity contribution in [2.45, 2.75) is 32.2 Å². The van der Waals surface area contributed by atoms with Gasteiger partial charge < -0.3 is 4.57 Å². The van der Waals surface area contributed by atoms with E-state index >= 15 is 0 Å². The highest BCUT2D eigenvalue weighted by Crippen LogP contribution is 2.22. The van der Waals surface area contributed by atoms with E-state index in [-0.39, 0.29) is 11.3 Å². The first-order chi connectivity index (χ1) is 10.2. The van der Waals surface area contributed by atoms with Gasteiger partial charge in [0.15, 0.2) is 5.78 Å². The second kappa shape index (κ2) is 5.53. The van der Waals surface area contributed by atoms with Crippen LogP contribution in [-0.2, 0) is 13.0 Å². The topological polar surface area (TPSA) is 45.8 Å². The molecule has 0 saturated heterocycles. The number of aromatic nitrogens is 1. The molecule has 0 radical (unpaired) electrons. The van der Waals surface area contributed by atoms with E-state index in [2.05, 4.69) is 0 Å². The zero-order valence-electron chi connectivity index (χ0n) is 11.6. The number of carbonyl (C=O) groups is 1. The maximum absolute atomic E-state index is 13.3. The number of nitriles is 1. The predicted octanol–water partition coefficient (Wildman–Crippen LogP) is 3.46. The molecule has 21 heavy (non-hydrogen) atoms. The highest BCUT2D eigenvalue weighted by Gasteiger charge is 2.17. The van der Waals surface area contributed by atoms with Crippen molar-refractivity contribution in [3.05, 3.63) is 58.7 Å². The van der Waals surface area contributed by atoms with Gasteiger partial charge in [-0.1, -0.05) is 6.07 Å². The number of aryl methyl sites for hydroxylation is 1. The molecule has 1 aliphatic rings. The van der Waals surface area contributed by atoms with Gasteiger partial charge in [0.25, 0.3) is 0 Å². The van der Waals surface area contributed by atoms with Gasteiger partial charge in [-0.25, -0.2) is 4.39 Å². The molecule has 1 aliphatic carbocycles. The van der Waals surface area contributed by atoms with Crippen LogP contribution in [-0.4, -0.2) is 10.4 Å². The molecule has 3 rings (SSSR count). The zero-order chi connectivity index (χ0) is 14.8. The molecule has 1 heterocycles. The summed E-state index contributed by atoms with van der Waals surface area (Å²) in [6.45, 7) is 0.537. The van der Waals surface area contributed by atoms with Gasteiger partial charge in [-0.05, 0) is 42.5 Å². The fraction of sp³-hybridized carbons (Fsp3) is 0.294. The number of nitrogens with zero attached hydrogens (tertiary/aromatic N) is 2. The van der Waals surface area contributed by atoms with Crippen LogP contribution in [0.5, 0.6) is 0 Å². The monoisotopic (exact) mass is 282 g/mol. The molecule has 3 nitrogen and oxygen atoms in total. The first kappa shape index (κ1) is 13.6. The molecular weight excluding hydrogens is 267 g/mol. The van der Waals surface area contributed by atoms with Gasteiger partial charge >= 0.3 is 0 Å². The maximum Gasteiger partial charge on any atom is 0.164 e. The van der Waals surface area contributed by atoms with E-state index in [0.717, 1.165) is 36.0 Å². The lowest BCUT2D eigenvalue weighted by Crippen LogP contribution is -1.99. The van der Waals surface area contributed by atoms with Gasteiger partial charge in [0, 0.05) is 30.9 Å². The van der Waals surface area contributed by atoms with E-state index < -0.39 is 5.82 Å². The molecule has 0 aliphatic heterocycles. The summed E-state index contributed by atoms with van der Waals surface area (Å²) in [6.07, 6.45) is 7.41. The molecule has 106 valence electrons. The second-order valence-electron chi connectivity index (χ2n) is 5.43. The van der Waals surface area contributed by atoms with Crippen LogP contribution in [0.2, 0.25) is 0 Å². The second-order valence-corrected chi connectivity index (χ2v) is 5.43. The summed E-state index contributed by atoms with van der Waals surface area (Å²) < 4.78 is 15.3. The van der Waals surface area contributed by atoms with Crippen molar-refractivity contribution in [3.8, 4) is 6.07 Å². The Kier molecular flexibility index (Phi) is 3.57. The minimum absolute atomic E-state index is 0.0531. The molecular formula is C17H15FN2O. The van der Waals surface area contributed by atoms with Gasteiger partial charge in [-0.3, -0.25) is 4.79 Å². The summed E-state index contributed by atoms with van der Waals surface area (Å²) >= 11 is 0. The summed E-state index contributed by atoms with van der Waals surface area (Å²) in [5.41, 5.74) is 2.82. The quantitative estimate of drug-likeness (QED) is 0.792. The van der Waals surface area contributed by atoms with Gasteiger partial charge in [-0.2, -0.15) is 5.26 Å². The molecule has 2 aromatic rings. The van der Waals surface area contributed by atoms with E-state index in [1.54, 1.807) is 12.1 Å². The van der Waals surface area contributed by atoms with E-state index in [0.29, 0.717) is 13.0 Å². The van der Waals surface area contributed by atoms with Crippen LogP contribution in [0.15, 0.2) is 30.6 Å². The highest BCUT2D eigenvalue weighted by molar-refractivity contribution is 5.97. The molecule has 0 bridgehead atoms. The Hall–Kier alpha value is -2.41. The molecule has 0 unspecified atom stereocenters. The largest absolute Gasteiger partial charge is 0.349 e. The lowest BCUT2D eigenvalue weighted by molar-refractivity contribution is 0.0982. The Morgan fingerprint density at radius 2 is 2.05 bits per heavy atom. The van der Waals surface area contributed by atoms with Crippen LogP contribution in [0.1, 0.15) is 46.3 Å². The Labute approximate surface area is 122 Å². The van der Waals surface area contributed by atoms with Crippen molar-refractivity contribution in [2.24, 2.45) is 0 Å². The lowest BCUT2D eigenvalue weighted by atomic mass is 10.1. The molecule has 1 aromatic heterocycles. The number of rotatable bonds is 2. The molecule has 0 fully saturated rings. The standard InChI is InChI=1S/C17H15FN2O/c18-16-6-5-12(7-14(16)8-19)9-20-10-13-3-1-2-4-17(21)15(13)11-20/h5-7,10-11H,1-4,9H2. The number of carbonyl (C=O) groups excluding carboxylic acids is 1. The number of Topliss-reactive ketones (excluding diaryl/α,β-unsaturated/α-hetero) is 1. The fourth-order valence-corrected chi connectivity index (χ4v) is 2.80. The van der Waals surface area contributed by atoms with Crippen LogP contribution in [0.3, 0.4) is 0 Å². The summed E-state index contributed by atoms with van der Waals surface area (Å²) in [7, 11) is 0. The van der Waals surface area contributed by atoms with E-state index in [1.165, 1.54) is 6.07 Å². The number of hydrogen-bond donors (Lipinski definition) is 0. The first-order valence-electron chi connectivity index (χ1n) is 7.08. The molecule has 1 aromatic carbocycles. The molecule has 0 spiro atoms. The average Bonchev–Trinajstić information content (AvgIpc) is 2.80. The van der Waals surface area contributed by atoms with Crippen LogP contribution in [0.4, 0.5) is 4.39 Å². The van der Waals surface area contributed by atoms with Crippen molar-refractivity contribution >= 4 is 5.78 Å². The maximum atomic E-state index is 13.3. The number of hydrogen-bond acceptors (Lipinski definition) is 2. The molecule has 0 N–H and O–H groups in total. The van der Waals surface area contributed by atoms with Crippen molar-refractivity contribution in [3.63, 3.8) is 0 Å². The minimum Gasteiger partial charge on any atom is -0.349 e. The van der Waals surface area contributed by atoms with Gasteiger partial charge in [0.05, 0.1) is 5.56 Å². The van der Waals surface area contributed by atoms with E-state index in [1.807, 2.05) is 23.0 Å². The lowest BCUT2D eigenvalue weighted by Gasteiger charge is -2.04. The molecule has 0 saturated carbocycles. The predicted molar refractivity (Wildman–Crippen MR) is 76.5 cm³/mol. The third-order valence-electron chi connectivity index (χ3n) is 3.88. The minimum atomic E-state index is -0.500. The van der Waals surface area contributed by atoms with Crippen LogP contribution in [0.25, 0.3) is 0 Å². The molecule has 4 heteroatoms. The Balaban J connectivity index is 1.88. The fourth-order valence-electron chi connectivity index (χ4n) is 2.80. The third-order valence-corrected chi connectivity index (χ3v) is 3.88. The van der Waals surface area contributed by atoms with Crippen LogP contribution in [0, 0.1) is 17.1 Å². The van der Waals surface area contributed by atoms with Crippen LogP contribution >= 0.6 is 0 Å². The number of benzene rings is 1. The Morgan fingerprint density at radius 1 is 1.24 bits per heavy atom. The summed E-state index contributed by atoms with van der Waals surface area (Å²) in [4.78, 5) is 12.0. The smallest absolute Gasteiger partial charge is 0.164 e.